The summed E-state index contributed by atoms with van der Waals surface area (Å²) in [6.07, 6.45) is 1.51. The molecule has 4 aromatic rings. The Morgan fingerprint density at radius 2 is 1.88 bits per heavy atom. The second kappa shape index (κ2) is 12.8. The molecule has 2 aromatic carbocycles. The second-order valence-electron chi connectivity index (χ2n) is 10.7. The maximum Gasteiger partial charge on any atom is 0.258 e. The van der Waals surface area contributed by atoms with Crippen molar-refractivity contribution in [3.8, 4) is 28.3 Å². The lowest BCUT2D eigenvalue weighted by Crippen LogP contribution is -2.34. The quantitative estimate of drug-likeness (QED) is 0.249. The van der Waals surface area contributed by atoms with Gasteiger partial charge in [-0.2, -0.15) is 4.98 Å². The lowest BCUT2D eigenvalue weighted by molar-refractivity contribution is -0.120. The Balaban J connectivity index is 1.77. The molecule has 4 rings (SSSR count). The van der Waals surface area contributed by atoms with Gasteiger partial charge in [0.1, 0.15) is 17.6 Å². The zero-order valence-electron chi connectivity index (χ0n) is 24.2. The maximum absolute atomic E-state index is 14.4. The van der Waals surface area contributed by atoms with Crippen molar-refractivity contribution in [2.24, 2.45) is 5.73 Å². The topological polar surface area (TPSA) is 152 Å². The number of anilines is 1. The predicted molar refractivity (Wildman–Crippen MR) is 159 cm³/mol. The monoisotopic (exact) mass is 611 g/mol. The summed E-state index contributed by atoms with van der Waals surface area (Å²) in [6.45, 7) is 7.40. The predicted octanol–water partition coefficient (Wildman–Crippen LogP) is 5.16. The number of aromatic nitrogens is 3. The lowest BCUT2D eigenvalue weighted by atomic mass is 9.99. The molecule has 0 saturated carbocycles. The van der Waals surface area contributed by atoms with E-state index in [0.717, 1.165) is 6.07 Å². The van der Waals surface area contributed by atoms with Gasteiger partial charge in [0, 0.05) is 40.9 Å². The first-order chi connectivity index (χ1) is 20.3. The molecule has 2 amide bonds. The number of carbonyl (C=O) groups is 2. The van der Waals surface area contributed by atoms with Crippen molar-refractivity contribution in [2.75, 3.05) is 19.0 Å². The number of halogens is 2. The molecule has 1 atom stereocenters. The van der Waals surface area contributed by atoms with E-state index in [4.69, 9.17) is 31.3 Å². The van der Waals surface area contributed by atoms with E-state index in [9.17, 15) is 18.8 Å². The molecule has 43 heavy (non-hydrogen) atoms. The van der Waals surface area contributed by atoms with Crippen LogP contribution >= 0.6 is 11.6 Å². The largest absolute Gasteiger partial charge is 0.495 e. The minimum Gasteiger partial charge on any atom is -0.495 e. The number of ether oxygens (including phenoxy) is 2. The molecule has 2 heterocycles. The van der Waals surface area contributed by atoms with Gasteiger partial charge >= 0.3 is 0 Å². The summed E-state index contributed by atoms with van der Waals surface area (Å²) in [5.74, 6) is -1.55. The highest BCUT2D eigenvalue weighted by atomic mass is 35.5. The summed E-state index contributed by atoms with van der Waals surface area (Å²) in [6, 6.07) is 8.72. The Labute approximate surface area is 251 Å². The number of hydrogen-bond acceptors (Lipinski definition) is 8. The van der Waals surface area contributed by atoms with Crippen LogP contribution in [0.15, 0.2) is 58.0 Å². The van der Waals surface area contributed by atoms with Crippen LogP contribution in [0.3, 0.4) is 0 Å². The van der Waals surface area contributed by atoms with Gasteiger partial charge in [0.2, 0.25) is 5.91 Å². The molecule has 13 heteroatoms. The van der Waals surface area contributed by atoms with Gasteiger partial charge in [0.15, 0.2) is 5.82 Å². The van der Waals surface area contributed by atoms with Crippen LogP contribution in [0.4, 0.5) is 10.1 Å². The number of aryl methyl sites for hydroxylation is 1. The van der Waals surface area contributed by atoms with Gasteiger partial charge in [-0.05, 0) is 69.7 Å². The van der Waals surface area contributed by atoms with Crippen LogP contribution in [-0.4, -0.2) is 45.8 Å². The van der Waals surface area contributed by atoms with Crippen LogP contribution in [0.5, 0.6) is 5.75 Å². The van der Waals surface area contributed by atoms with Gasteiger partial charge in [0.05, 0.1) is 24.5 Å². The molecule has 0 aliphatic carbocycles. The molecule has 0 saturated heterocycles. The molecule has 0 radical (unpaired) electrons. The molecule has 3 N–H and O–H groups in total. The maximum atomic E-state index is 14.4. The summed E-state index contributed by atoms with van der Waals surface area (Å²) >= 11 is 6.32. The van der Waals surface area contributed by atoms with Crippen molar-refractivity contribution in [2.45, 2.75) is 45.8 Å². The van der Waals surface area contributed by atoms with Crippen molar-refractivity contribution in [1.82, 2.24) is 14.7 Å². The average molecular weight is 612 g/mol. The number of rotatable bonds is 10. The van der Waals surface area contributed by atoms with E-state index in [0.29, 0.717) is 27.5 Å². The molecule has 0 bridgehead atoms. The first-order valence-corrected chi connectivity index (χ1v) is 13.6. The van der Waals surface area contributed by atoms with Gasteiger partial charge in [-0.15, -0.1) is 0 Å². The van der Waals surface area contributed by atoms with Crippen molar-refractivity contribution < 1.29 is 28.0 Å². The van der Waals surface area contributed by atoms with Gasteiger partial charge in [-0.25, -0.2) is 4.39 Å². The standard InChI is InChI=1S/C30H31ClFN5O6/c1-16-34-29(43-36-16)19-8-6-17(31)12-21(19)22-14-26(38)37(15-25(22)41-5)24(10-11-42-30(2,3)4)28(40)35-18-7-9-20(27(33)39)23(32)13-18/h6-9,12-15,24H,10-11H2,1-5H3,(H2,33,39)(H,35,40). The number of hydrogen-bond donors (Lipinski definition) is 2. The van der Waals surface area contributed by atoms with Crippen molar-refractivity contribution >= 4 is 29.1 Å². The van der Waals surface area contributed by atoms with Gasteiger partial charge in [0.25, 0.3) is 17.4 Å². The van der Waals surface area contributed by atoms with Gasteiger partial charge in [-0.3, -0.25) is 19.0 Å². The Kier molecular flexibility index (Phi) is 9.31. The van der Waals surface area contributed by atoms with Crippen LogP contribution in [-0.2, 0) is 9.53 Å². The van der Waals surface area contributed by atoms with E-state index < -0.39 is 34.8 Å². The third-order valence-corrected chi connectivity index (χ3v) is 6.60. The summed E-state index contributed by atoms with van der Waals surface area (Å²) in [5.41, 5.74) is 5.30. The fourth-order valence-corrected chi connectivity index (χ4v) is 4.54. The molecule has 226 valence electrons. The Hall–Kier alpha value is -4.55. The van der Waals surface area contributed by atoms with Crippen LogP contribution in [0.2, 0.25) is 5.02 Å². The summed E-state index contributed by atoms with van der Waals surface area (Å²) in [4.78, 5) is 42.9. The fraction of sp³-hybridized carbons (Fsp3) is 0.300. The van der Waals surface area contributed by atoms with Crippen molar-refractivity contribution in [3.63, 3.8) is 0 Å². The van der Waals surface area contributed by atoms with Gasteiger partial charge < -0.3 is 25.0 Å². The van der Waals surface area contributed by atoms with Crippen LogP contribution in [0, 0.1) is 12.7 Å². The molecule has 11 nitrogen and oxygen atoms in total. The van der Waals surface area contributed by atoms with Gasteiger partial charge in [-0.1, -0.05) is 16.8 Å². The number of nitrogens with zero attached hydrogens (tertiary/aromatic N) is 3. The number of benzene rings is 2. The number of amides is 2. The minimum absolute atomic E-state index is 0.0734. The minimum atomic E-state index is -1.09. The fourth-order valence-electron chi connectivity index (χ4n) is 4.37. The number of nitrogens with one attached hydrogen (secondary N) is 1. The number of primary amides is 1. The van der Waals surface area contributed by atoms with Crippen molar-refractivity contribution in [1.29, 1.82) is 0 Å². The van der Waals surface area contributed by atoms with E-state index in [-0.39, 0.29) is 35.9 Å². The number of pyridine rings is 1. The summed E-state index contributed by atoms with van der Waals surface area (Å²) in [7, 11) is 1.43. The average Bonchev–Trinajstić information content (AvgIpc) is 3.36. The van der Waals surface area contributed by atoms with E-state index in [1.165, 1.54) is 36.1 Å². The zero-order chi connectivity index (χ0) is 31.5. The van der Waals surface area contributed by atoms with Crippen LogP contribution < -0.4 is 21.3 Å². The highest BCUT2D eigenvalue weighted by molar-refractivity contribution is 6.31. The zero-order valence-corrected chi connectivity index (χ0v) is 25.0. The Morgan fingerprint density at radius 1 is 1.14 bits per heavy atom. The third-order valence-electron chi connectivity index (χ3n) is 6.36. The Bertz CT molecular complexity index is 1730. The van der Waals surface area contributed by atoms with E-state index in [2.05, 4.69) is 15.5 Å². The normalized spacial score (nSPS) is 12.2. The first kappa shape index (κ1) is 31.4. The first-order valence-electron chi connectivity index (χ1n) is 13.2. The van der Waals surface area contributed by atoms with Crippen LogP contribution in [0.25, 0.3) is 22.6 Å². The third kappa shape index (κ3) is 7.46. The smallest absolute Gasteiger partial charge is 0.258 e. The van der Waals surface area contributed by atoms with Crippen LogP contribution in [0.1, 0.15) is 49.4 Å². The molecule has 0 spiro atoms. The molecule has 0 aliphatic heterocycles. The molecule has 1 unspecified atom stereocenters. The van der Waals surface area contributed by atoms with Crippen molar-refractivity contribution in [3.05, 3.63) is 81.2 Å². The molecule has 0 fully saturated rings. The highest BCUT2D eigenvalue weighted by Crippen LogP contribution is 2.38. The molecule has 2 aromatic heterocycles. The highest BCUT2D eigenvalue weighted by Gasteiger charge is 2.26. The summed E-state index contributed by atoms with van der Waals surface area (Å²) < 4.78 is 32.5. The molecular weight excluding hydrogens is 581 g/mol. The molecular formula is C30H31ClFN5O6. The SMILES string of the molecule is COc1cn(C(CCOC(C)(C)C)C(=O)Nc2ccc(C(N)=O)c(F)c2)c(=O)cc1-c1cc(Cl)ccc1-c1nc(C)no1. The van der Waals surface area contributed by atoms with E-state index >= 15 is 0 Å². The summed E-state index contributed by atoms with van der Waals surface area (Å²) in [5, 5.41) is 6.86. The lowest BCUT2D eigenvalue weighted by Gasteiger charge is -2.24. The number of nitrogens with two attached hydrogens (primary N) is 1. The second-order valence-corrected chi connectivity index (χ2v) is 11.1. The number of carbonyl (C=O) groups excluding carboxylic acids is 2. The molecule has 0 aliphatic rings. The van der Waals surface area contributed by atoms with E-state index in [1.54, 1.807) is 25.1 Å². The Morgan fingerprint density at radius 3 is 2.49 bits per heavy atom. The number of methoxy groups -OCH3 is 1. The van der Waals surface area contributed by atoms with E-state index in [1.807, 2.05) is 20.8 Å².